The van der Waals surface area contributed by atoms with E-state index in [9.17, 15) is 14.7 Å². The van der Waals surface area contributed by atoms with E-state index in [0.29, 0.717) is 10.6 Å². The summed E-state index contributed by atoms with van der Waals surface area (Å²) in [5, 5.41) is 11.3. The molecule has 0 radical (unpaired) electrons. The van der Waals surface area contributed by atoms with Crippen molar-refractivity contribution in [2.75, 3.05) is 20.3 Å². The minimum Gasteiger partial charge on any atom is -0.507 e. The fourth-order valence-corrected chi connectivity index (χ4v) is 3.54. The number of aliphatic hydroxyl groups is 1. The number of carbonyl (C=O) groups excluding carboxylic acids is 2. The van der Waals surface area contributed by atoms with Gasteiger partial charge in [0.05, 0.1) is 18.2 Å². The molecule has 0 spiro atoms. The standard InChI is InChI=1S/C20H17ClINO4/c1-27-11-10-23-17(12-4-8-15(22)9-5-12)16(19(25)20(23)26)18(24)13-2-6-14(21)7-3-13/h2-9,17,24H,10-11H2,1H3/b18-16+. The number of benzene rings is 2. The van der Waals surface area contributed by atoms with Crippen molar-refractivity contribution in [3.63, 3.8) is 0 Å². The molecule has 0 aliphatic carbocycles. The lowest BCUT2D eigenvalue weighted by Gasteiger charge is -2.25. The number of rotatable bonds is 5. The molecule has 5 nitrogen and oxygen atoms in total. The summed E-state index contributed by atoms with van der Waals surface area (Å²) in [6, 6.07) is 13.3. The molecule has 1 saturated heterocycles. The molecule has 1 unspecified atom stereocenters. The average Bonchev–Trinajstić information content (AvgIpc) is 2.91. The molecule has 1 heterocycles. The van der Waals surface area contributed by atoms with Crippen molar-refractivity contribution >= 4 is 51.6 Å². The summed E-state index contributed by atoms with van der Waals surface area (Å²) >= 11 is 8.09. The number of likely N-dealkylation sites (tertiary alicyclic amines) is 1. The summed E-state index contributed by atoms with van der Waals surface area (Å²) in [6.07, 6.45) is 0. The molecule has 2 aromatic rings. The fraction of sp³-hybridized carbons (Fsp3) is 0.200. The predicted molar refractivity (Wildman–Crippen MR) is 111 cm³/mol. The maximum Gasteiger partial charge on any atom is 0.295 e. The predicted octanol–water partition coefficient (Wildman–Crippen LogP) is 4.01. The second-order valence-electron chi connectivity index (χ2n) is 6.04. The number of hydrogen-bond acceptors (Lipinski definition) is 4. The highest BCUT2D eigenvalue weighted by atomic mass is 127. The van der Waals surface area contributed by atoms with Gasteiger partial charge in [0.25, 0.3) is 11.7 Å². The van der Waals surface area contributed by atoms with E-state index in [-0.39, 0.29) is 24.5 Å². The van der Waals surface area contributed by atoms with Crippen LogP contribution in [0.1, 0.15) is 17.2 Å². The number of Topliss-reactive ketones (excluding diaryl/α,β-unsaturated/α-hetero) is 1. The smallest absolute Gasteiger partial charge is 0.295 e. The first kappa shape index (κ1) is 19.9. The summed E-state index contributed by atoms with van der Waals surface area (Å²) in [6.45, 7) is 0.532. The number of aliphatic hydroxyl groups excluding tert-OH is 1. The topological polar surface area (TPSA) is 66.8 Å². The van der Waals surface area contributed by atoms with E-state index in [0.717, 1.165) is 9.13 Å². The summed E-state index contributed by atoms with van der Waals surface area (Å²) in [7, 11) is 1.53. The third-order valence-electron chi connectivity index (χ3n) is 4.38. The number of nitrogens with zero attached hydrogens (tertiary/aromatic N) is 1. The molecule has 1 N–H and O–H groups in total. The van der Waals surface area contributed by atoms with Gasteiger partial charge in [0.15, 0.2) is 0 Å². The van der Waals surface area contributed by atoms with Gasteiger partial charge in [-0.2, -0.15) is 0 Å². The maximum atomic E-state index is 12.7. The molecule has 1 aliphatic heterocycles. The Bertz CT molecular complexity index is 893. The van der Waals surface area contributed by atoms with E-state index in [1.54, 1.807) is 24.3 Å². The van der Waals surface area contributed by atoms with Gasteiger partial charge in [0, 0.05) is 27.8 Å². The summed E-state index contributed by atoms with van der Waals surface area (Å²) in [5.74, 6) is -1.57. The number of ketones is 1. The van der Waals surface area contributed by atoms with E-state index in [2.05, 4.69) is 22.6 Å². The van der Waals surface area contributed by atoms with Gasteiger partial charge in [-0.3, -0.25) is 9.59 Å². The summed E-state index contributed by atoms with van der Waals surface area (Å²) < 4.78 is 6.12. The fourth-order valence-electron chi connectivity index (χ4n) is 3.06. The second-order valence-corrected chi connectivity index (χ2v) is 7.73. The van der Waals surface area contributed by atoms with Crippen molar-refractivity contribution in [2.24, 2.45) is 0 Å². The van der Waals surface area contributed by atoms with Crippen LogP contribution in [0.15, 0.2) is 54.1 Å². The van der Waals surface area contributed by atoms with Gasteiger partial charge in [-0.1, -0.05) is 23.7 Å². The number of hydrogen-bond donors (Lipinski definition) is 1. The molecule has 27 heavy (non-hydrogen) atoms. The van der Waals surface area contributed by atoms with Crippen LogP contribution in [-0.2, 0) is 14.3 Å². The zero-order chi connectivity index (χ0) is 19.6. The van der Waals surface area contributed by atoms with E-state index in [1.807, 2.05) is 24.3 Å². The monoisotopic (exact) mass is 497 g/mol. The molecule has 0 bridgehead atoms. The molecule has 1 atom stereocenters. The van der Waals surface area contributed by atoms with Crippen molar-refractivity contribution in [1.82, 2.24) is 4.90 Å². The van der Waals surface area contributed by atoms with Gasteiger partial charge >= 0.3 is 0 Å². The first-order valence-corrected chi connectivity index (χ1v) is 9.68. The van der Waals surface area contributed by atoms with Crippen LogP contribution in [0.5, 0.6) is 0 Å². The first-order valence-electron chi connectivity index (χ1n) is 8.22. The van der Waals surface area contributed by atoms with Crippen LogP contribution < -0.4 is 0 Å². The molecule has 0 saturated carbocycles. The Kier molecular flexibility index (Phi) is 6.18. The maximum absolute atomic E-state index is 12.7. The van der Waals surface area contributed by atoms with Gasteiger partial charge < -0.3 is 14.7 Å². The van der Waals surface area contributed by atoms with Gasteiger partial charge in [-0.15, -0.1) is 0 Å². The van der Waals surface area contributed by atoms with Crippen LogP contribution in [-0.4, -0.2) is 42.0 Å². The van der Waals surface area contributed by atoms with Gasteiger partial charge in [-0.25, -0.2) is 0 Å². The van der Waals surface area contributed by atoms with Crippen LogP contribution in [0.25, 0.3) is 5.76 Å². The minimum atomic E-state index is -0.706. The van der Waals surface area contributed by atoms with Gasteiger partial charge in [0.2, 0.25) is 0 Å². The van der Waals surface area contributed by atoms with Crippen LogP contribution in [0.2, 0.25) is 5.02 Å². The summed E-state index contributed by atoms with van der Waals surface area (Å²) in [5.41, 5.74) is 1.25. The lowest BCUT2D eigenvalue weighted by molar-refractivity contribution is -0.140. The first-order chi connectivity index (χ1) is 12.9. The number of methoxy groups -OCH3 is 1. The van der Waals surface area contributed by atoms with E-state index < -0.39 is 17.7 Å². The number of carbonyl (C=O) groups is 2. The van der Waals surface area contributed by atoms with Gasteiger partial charge in [0.1, 0.15) is 5.76 Å². The lowest BCUT2D eigenvalue weighted by atomic mass is 9.95. The van der Waals surface area contributed by atoms with Crippen LogP contribution in [0, 0.1) is 3.57 Å². The van der Waals surface area contributed by atoms with Crippen molar-refractivity contribution < 1.29 is 19.4 Å². The molecular formula is C20H17ClINO4. The van der Waals surface area contributed by atoms with Crippen LogP contribution >= 0.6 is 34.2 Å². The lowest BCUT2D eigenvalue weighted by Crippen LogP contribution is -2.32. The van der Waals surface area contributed by atoms with Crippen molar-refractivity contribution in [2.45, 2.75) is 6.04 Å². The molecule has 1 amide bonds. The highest BCUT2D eigenvalue weighted by molar-refractivity contribution is 14.1. The van der Waals surface area contributed by atoms with E-state index >= 15 is 0 Å². The highest BCUT2D eigenvalue weighted by Crippen LogP contribution is 2.39. The number of amides is 1. The Balaban J connectivity index is 2.14. The SMILES string of the molecule is COCCN1C(=O)C(=O)/C(=C(/O)c2ccc(Cl)cc2)C1c1ccc(I)cc1. The molecule has 1 aliphatic rings. The average molecular weight is 498 g/mol. The Hall–Kier alpha value is -1.90. The molecule has 2 aromatic carbocycles. The van der Waals surface area contributed by atoms with Gasteiger partial charge in [-0.05, 0) is 64.6 Å². The molecule has 1 fully saturated rings. The number of ether oxygens (including phenoxy) is 1. The minimum absolute atomic E-state index is 0.0691. The quantitative estimate of drug-likeness (QED) is 0.293. The van der Waals surface area contributed by atoms with Crippen molar-refractivity contribution in [1.29, 1.82) is 0 Å². The third kappa shape index (κ3) is 4.02. The Morgan fingerprint density at radius 3 is 2.37 bits per heavy atom. The van der Waals surface area contributed by atoms with Crippen LogP contribution in [0.4, 0.5) is 0 Å². The Labute approximate surface area is 175 Å². The molecule has 0 aromatic heterocycles. The number of halogens is 2. The third-order valence-corrected chi connectivity index (χ3v) is 5.35. The van der Waals surface area contributed by atoms with Crippen molar-refractivity contribution in [3.8, 4) is 0 Å². The normalized spacial score (nSPS) is 18.9. The highest BCUT2D eigenvalue weighted by Gasteiger charge is 2.45. The molecule has 3 rings (SSSR count). The van der Waals surface area contributed by atoms with Crippen molar-refractivity contribution in [3.05, 3.63) is 73.8 Å². The Morgan fingerprint density at radius 1 is 1.15 bits per heavy atom. The Morgan fingerprint density at radius 2 is 1.78 bits per heavy atom. The second kappa shape index (κ2) is 8.41. The molecule has 7 heteroatoms. The zero-order valence-electron chi connectivity index (χ0n) is 14.5. The molecular weight excluding hydrogens is 481 g/mol. The largest absolute Gasteiger partial charge is 0.507 e. The van der Waals surface area contributed by atoms with E-state index in [4.69, 9.17) is 16.3 Å². The molecule has 140 valence electrons. The van der Waals surface area contributed by atoms with Crippen LogP contribution in [0.3, 0.4) is 0 Å². The van der Waals surface area contributed by atoms with E-state index in [1.165, 1.54) is 12.0 Å². The summed E-state index contributed by atoms with van der Waals surface area (Å²) in [4.78, 5) is 26.8. The zero-order valence-corrected chi connectivity index (χ0v) is 17.4.